The number of rotatable bonds is 0. The Bertz CT molecular complexity index is 203. The zero-order chi connectivity index (χ0) is 7.94. The third kappa shape index (κ3) is 0.782. The number of halogens is 1. The molecule has 0 aliphatic heterocycles. The Morgan fingerprint density at radius 2 is 2.20 bits per heavy atom. The van der Waals surface area contributed by atoms with Crippen molar-refractivity contribution in [3.05, 3.63) is 11.6 Å². The number of hydrogen-bond acceptors (Lipinski definition) is 1. The van der Waals surface area contributed by atoms with Gasteiger partial charge in [-0.1, -0.05) is 28.9 Å². The van der Waals surface area contributed by atoms with Gasteiger partial charge >= 0.3 is 0 Å². The molecule has 0 aromatic rings. The first-order chi connectivity index (χ1) is 4.51. The molecule has 10 heavy (non-hydrogen) atoms. The summed E-state index contributed by atoms with van der Waals surface area (Å²) in [6, 6.07) is 0. The molecule has 1 aliphatic carbocycles. The van der Waals surface area contributed by atoms with Crippen molar-refractivity contribution in [1.29, 1.82) is 0 Å². The minimum absolute atomic E-state index is 0.238. The van der Waals surface area contributed by atoms with E-state index in [9.17, 15) is 4.79 Å². The van der Waals surface area contributed by atoms with Gasteiger partial charge in [0, 0.05) is 5.92 Å². The second kappa shape index (κ2) is 2.19. The topological polar surface area (TPSA) is 17.1 Å². The molecule has 0 aromatic heterocycles. The van der Waals surface area contributed by atoms with Crippen molar-refractivity contribution in [1.82, 2.24) is 0 Å². The first-order valence-corrected chi connectivity index (χ1v) is 4.21. The van der Waals surface area contributed by atoms with E-state index < -0.39 is 0 Å². The van der Waals surface area contributed by atoms with Crippen molar-refractivity contribution >= 4 is 21.7 Å². The fourth-order valence-corrected chi connectivity index (χ4v) is 1.75. The van der Waals surface area contributed by atoms with E-state index in [4.69, 9.17) is 0 Å². The number of hydrogen-bond donors (Lipinski definition) is 0. The van der Waals surface area contributed by atoms with Gasteiger partial charge in [-0.25, -0.2) is 0 Å². The predicted octanol–water partition coefficient (Wildman–Crippen LogP) is 2.31. The fourth-order valence-electron chi connectivity index (χ4n) is 1.27. The lowest BCUT2D eigenvalue weighted by atomic mass is 9.70. The third-order valence-electron chi connectivity index (χ3n) is 2.30. The van der Waals surface area contributed by atoms with E-state index in [0.29, 0.717) is 5.92 Å². The minimum Gasteiger partial charge on any atom is -0.293 e. The zero-order valence-electron chi connectivity index (χ0n) is 6.44. The van der Waals surface area contributed by atoms with E-state index in [1.165, 1.54) is 0 Å². The van der Waals surface area contributed by atoms with E-state index in [1.807, 2.05) is 19.9 Å². The van der Waals surface area contributed by atoms with Crippen LogP contribution in [0.1, 0.15) is 20.8 Å². The molecule has 1 saturated carbocycles. The van der Waals surface area contributed by atoms with Gasteiger partial charge in [0.1, 0.15) is 0 Å². The molecule has 2 atom stereocenters. The van der Waals surface area contributed by atoms with Crippen molar-refractivity contribution in [2.45, 2.75) is 25.1 Å². The molecule has 0 radical (unpaired) electrons. The summed E-state index contributed by atoms with van der Waals surface area (Å²) in [5.41, 5.74) is 0.958. The van der Waals surface area contributed by atoms with Crippen molar-refractivity contribution in [3.63, 3.8) is 0 Å². The summed E-state index contributed by atoms with van der Waals surface area (Å²) in [6.45, 7) is 5.89. The Kier molecular flexibility index (Phi) is 1.75. The van der Waals surface area contributed by atoms with Crippen LogP contribution < -0.4 is 0 Å². The van der Waals surface area contributed by atoms with Crippen molar-refractivity contribution in [2.75, 3.05) is 0 Å². The highest BCUT2D eigenvalue weighted by molar-refractivity contribution is 9.10. The lowest BCUT2D eigenvalue weighted by molar-refractivity contribution is -0.123. The summed E-state index contributed by atoms with van der Waals surface area (Å²) in [4.78, 5) is 11.2. The molecule has 1 rings (SSSR count). The second-order valence-electron chi connectivity index (χ2n) is 2.87. The second-order valence-corrected chi connectivity index (χ2v) is 4.52. The molecule has 2 unspecified atom stereocenters. The molecule has 0 bridgehead atoms. The maximum Gasteiger partial charge on any atom is 0.175 e. The first-order valence-electron chi connectivity index (χ1n) is 3.41. The molecular weight excluding hydrogens is 192 g/mol. The third-order valence-corrected chi connectivity index (χ3v) is 3.34. The van der Waals surface area contributed by atoms with Crippen LogP contribution in [0.4, 0.5) is 0 Å². The standard InChI is InChI=1S/C8H11BrO/c1-4-6-5(2)8(3,9)7(6)10/h4-5H,1-3H3/b6-4-. The van der Waals surface area contributed by atoms with Gasteiger partial charge in [-0.2, -0.15) is 0 Å². The van der Waals surface area contributed by atoms with Gasteiger partial charge in [0.2, 0.25) is 0 Å². The number of allylic oxidation sites excluding steroid dienone is 2. The number of carbonyl (C=O) groups is 1. The minimum atomic E-state index is -0.283. The Labute approximate surface area is 69.6 Å². The largest absolute Gasteiger partial charge is 0.293 e. The molecule has 2 heteroatoms. The van der Waals surface area contributed by atoms with Gasteiger partial charge in [-0.3, -0.25) is 4.79 Å². The SMILES string of the molecule is C/C=C1\C(=O)C(C)(Br)C1C. The molecule has 0 heterocycles. The van der Waals surface area contributed by atoms with Crippen molar-refractivity contribution < 1.29 is 4.79 Å². The molecule has 0 spiro atoms. The van der Waals surface area contributed by atoms with Crippen LogP contribution in [-0.4, -0.2) is 10.1 Å². The van der Waals surface area contributed by atoms with Crippen LogP contribution in [0, 0.1) is 5.92 Å². The van der Waals surface area contributed by atoms with Gasteiger partial charge in [0.25, 0.3) is 0 Å². The normalized spacial score (nSPS) is 43.8. The van der Waals surface area contributed by atoms with Crippen LogP contribution in [0.15, 0.2) is 11.6 Å². The first kappa shape index (κ1) is 7.99. The number of alkyl halides is 1. The summed E-state index contributed by atoms with van der Waals surface area (Å²) in [5, 5.41) is 0. The van der Waals surface area contributed by atoms with Crippen molar-refractivity contribution in [3.8, 4) is 0 Å². The van der Waals surface area contributed by atoms with Gasteiger partial charge in [-0.15, -0.1) is 0 Å². The van der Waals surface area contributed by atoms with Crippen LogP contribution >= 0.6 is 15.9 Å². The summed E-state index contributed by atoms with van der Waals surface area (Å²) in [7, 11) is 0. The lowest BCUT2D eigenvalue weighted by Gasteiger charge is -2.40. The van der Waals surface area contributed by atoms with E-state index in [1.54, 1.807) is 0 Å². The van der Waals surface area contributed by atoms with Gasteiger partial charge in [0.15, 0.2) is 5.78 Å². The van der Waals surface area contributed by atoms with E-state index in [2.05, 4.69) is 22.9 Å². The molecular formula is C8H11BrO. The Hall–Kier alpha value is -0.110. The monoisotopic (exact) mass is 202 g/mol. The van der Waals surface area contributed by atoms with E-state index >= 15 is 0 Å². The van der Waals surface area contributed by atoms with Crippen molar-refractivity contribution in [2.24, 2.45) is 5.92 Å². The molecule has 0 amide bonds. The number of carbonyl (C=O) groups excluding carboxylic acids is 1. The summed E-state index contributed by atoms with van der Waals surface area (Å²) in [6.07, 6.45) is 1.90. The molecule has 1 aliphatic rings. The smallest absolute Gasteiger partial charge is 0.175 e. The highest BCUT2D eigenvalue weighted by Crippen LogP contribution is 2.45. The Morgan fingerprint density at radius 3 is 2.40 bits per heavy atom. The Morgan fingerprint density at radius 1 is 1.70 bits per heavy atom. The zero-order valence-corrected chi connectivity index (χ0v) is 8.03. The summed E-state index contributed by atoms with van der Waals surface area (Å²) in [5.74, 6) is 0.604. The van der Waals surface area contributed by atoms with Gasteiger partial charge in [0.05, 0.1) is 4.32 Å². The summed E-state index contributed by atoms with van der Waals surface area (Å²) >= 11 is 3.39. The summed E-state index contributed by atoms with van der Waals surface area (Å²) < 4.78 is -0.283. The fraction of sp³-hybridized carbons (Fsp3) is 0.625. The highest BCUT2D eigenvalue weighted by Gasteiger charge is 2.50. The molecule has 0 aromatic carbocycles. The molecule has 0 N–H and O–H groups in total. The lowest BCUT2D eigenvalue weighted by Crippen LogP contribution is -2.50. The van der Waals surface area contributed by atoms with E-state index in [-0.39, 0.29) is 10.1 Å². The number of ketones is 1. The van der Waals surface area contributed by atoms with Crippen LogP contribution in [0.2, 0.25) is 0 Å². The highest BCUT2D eigenvalue weighted by atomic mass is 79.9. The molecule has 1 nitrogen and oxygen atoms in total. The van der Waals surface area contributed by atoms with Gasteiger partial charge < -0.3 is 0 Å². The van der Waals surface area contributed by atoms with Crippen LogP contribution in [0.5, 0.6) is 0 Å². The molecule has 1 fully saturated rings. The maximum absolute atomic E-state index is 11.2. The predicted molar refractivity (Wildman–Crippen MR) is 45.3 cm³/mol. The maximum atomic E-state index is 11.2. The quantitative estimate of drug-likeness (QED) is 0.436. The van der Waals surface area contributed by atoms with E-state index in [0.717, 1.165) is 5.57 Å². The van der Waals surface area contributed by atoms with Crippen LogP contribution in [-0.2, 0) is 4.79 Å². The average Bonchev–Trinajstić information content (AvgIpc) is 1.89. The average molecular weight is 203 g/mol. The molecule has 0 saturated heterocycles. The number of Topliss-reactive ketones (excluding diaryl/α,β-unsaturated/α-hetero) is 1. The Balaban J connectivity index is 2.88. The molecule has 56 valence electrons. The van der Waals surface area contributed by atoms with Crippen LogP contribution in [0.3, 0.4) is 0 Å². The van der Waals surface area contributed by atoms with Crippen LogP contribution in [0.25, 0.3) is 0 Å². The van der Waals surface area contributed by atoms with Gasteiger partial charge in [-0.05, 0) is 19.4 Å².